The Hall–Kier alpha value is -1.40. The molecular weight excluding hydrogens is 374 g/mol. The Morgan fingerprint density at radius 2 is 1.91 bits per heavy atom. The molecule has 1 heterocycles. The molecule has 0 aromatic heterocycles. The number of hydrogen-bond donors (Lipinski definition) is 1. The van der Waals surface area contributed by atoms with Crippen LogP contribution in [0, 0.1) is 0 Å². The SMILES string of the molecule is CC1=C(C(=O)N(C)C)C(c2ccc(Br)cc2)NC(=S)N1C1CC1. The van der Waals surface area contributed by atoms with Crippen LogP contribution in [-0.2, 0) is 4.79 Å². The number of amides is 1. The molecule has 3 rings (SSSR count). The maximum absolute atomic E-state index is 12.8. The summed E-state index contributed by atoms with van der Waals surface area (Å²) in [5.74, 6) is 0.0241. The van der Waals surface area contributed by atoms with Crippen LogP contribution >= 0.6 is 28.1 Å². The quantitative estimate of drug-likeness (QED) is 0.799. The summed E-state index contributed by atoms with van der Waals surface area (Å²) < 4.78 is 1.01. The second kappa shape index (κ2) is 6.24. The normalized spacial score (nSPS) is 21.3. The lowest BCUT2D eigenvalue weighted by atomic mass is 9.94. The zero-order valence-corrected chi connectivity index (χ0v) is 15.9. The fourth-order valence-electron chi connectivity index (χ4n) is 2.95. The summed E-state index contributed by atoms with van der Waals surface area (Å²) in [7, 11) is 3.57. The van der Waals surface area contributed by atoms with E-state index in [1.807, 2.05) is 31.2 Å². The number of thiocarbonyl (C=S) groups is 1. The van der Waals surface area contributed by atoms with Crippen molar-refractivity contribution in [3.05, 3.63) is 45.6 Å². The van der Waals surface area contributed by atoms with Gasteiger partial charge in [0.1, 0.15) is 0 Å². The Morgan fingerprint density at radius 1 is 1.30 bits per heavy atom. The van der Waals surface area contributed by atoms with Crippen LogP contribution in [-0.4, -0.2) is 41.0 Å². The van der Waals surface area contributed by atoms with E-state index in [1.54, 1.807) is 19.0 Å². The summed E-state index contributed by atoms with van der Waals surface area (Å²) in [5, 5.41) is 4.09. The molecule has 1 aliphatic heterocycles. The molecule has 1 amide bonds. The molecule has 23 heavy (non-hydrogen) atoms. The summed E-state index contributed by atoms with van der Waals surface area (Å²) in [5.41, 5.74) is 2.79. The molecule has 1 N–H and O–H groups in total. The number of hydrogen-bond acceptors (Lipinski definition) is 2. The molecule has 0 radical (unpaired) electrons. The molecule has 2 aliphatic rings. The van der Waals surface area contributed by atoms with E-state index in [4.69, 9.17) is 12.2 Å². The van der Waals surface area contributed by atoms with Gasteiger partial charge in [0.25, 0.3) is 5.91 Å². The highest BCUT2D eigenvalue weighted by molar-refractivity contribution is 9.10. The first kappa shape index (κ1) is 16.5. The lowest BCUT2D eigenvalue weighted by molar-refractivity contribution is -0.125. The molecule has 1 atom stereocenters. The lowest BCUT2D eigenvalue weighted by Gasteiger charge is -2.38. The molecule has 1 aromatic carbocycles. The molecule has 0 saturated heterocycles. The lowest BCUT2D eigenvalue weighted by Crippen LogP contribution is -2.49. The third-order valence-electron chi connectivity index (χ3n) is 4.28. The summed E-state index contributed by atoms with van der Waals surface area (Å²) >= 11 is 9.03. The van der Waals surface area contributed by atoms with Gasteiger partial charge in [-0.2, -0.15) is 0 Å². The van der Waals surface area contributed by atoms with E-state index < -0.39 is 0 Å². The number of likely N-dealkylation sites (N-methyl/N-ethyl adjacent to an activating group) is 1. The molecule has 0 spiro atoms. The van der Waals surface area contributed by atoms with Crippen molar-refractivity contribution >= 4 is 39.2 Å². The molecule has 122 valence electrons. The maximum atomic E-state index is 12.8. The van der Waals surface area contributed by atoms with Gasteiger partial charge in [0.05, 0.1) is 11.6 Å². The van der Waals surface area contributed by atoms with Crippen LogP contribution in [0.5, 0.6) is 0 Å². The third kappa shape index (κ3) is 3.15. The van der Waals surface area contributed by atoms with E-state index in [0.29, 0.717) is 11.2 Å². The van der Waals surface area contributed by atoms with Gasteiger partial charge in [0.2, 0.25) is 0 Å². The number of nitrogens with one attached hydrogen (secondary N) is 1. The number of carbonyl (C=O) groups is 1. The molecule has 1 saturated carbocycles. The number of halogens is 1. The van der Waals surface area contributed by atoms with Gasteiger partial charge in [0, 0.05) is 30.3 Å². The molecule has 4 nitrogen and oxygen atoms in total. The first-order chi connectivity index (χ1) is 10.9. The fraction of sp³-hybridized carbons (Fsp3) is 0.412. The Labute approximate surface area is 150 Å². The van der Waals surface area contributed by atoms with Crippen LogP contribution < -0.4 is 5.32 Å². The van der Waals surface area contributed by atoms with Crippen molar-refractivity contribution in [1.29, 1.82) is 0 Å². The van der Waals surface area contributed by atoms with Crippen LogP contribution in [0.1, 0.15) is 31.4 Å². The van der Waals surface area contributed by atoms with E-state index in [2.05, 4.69) is 26.1 Å². The first-order valence-corrected chi connectivity index (χ1v) is 8.88. The average Bonchev–Trinajstić information content (AvgIpc) is 3.31. The minimum absolute atomic E-state index is 0.0241. The van der Waals surface area contributed by atoms with E-state index in [0.717, 1.165) is 34.1 Å². The second-order valence-corrected chi connectivity index (χ2v) is 7.54. The van der Waals surface area contributed by atoms with E-state index in [1.165, 1.54) is 0 Å². The molecule has 0 bridgehead atoms. The van der Waals surface area contributed by atoms with Gasteiger partial charge in [0.15, 0.2) is 5.11 Å². The number of nitrogens with zero attached hydrogens (tertiary/aromatic N) is 2. The highest BCUT2D eigenvalue weighted by atomic mass is 79.9. The average molecular weight is 394 g/mol. The monoisotopic (exact) mass is 393 g/mol. The van der Waals surface area contributed by atoms with Gasteiger partial charge in [-0.15, -0.1) is 0 Å². The largest absolute Gasteiger partial charge is 0.351 e. The number of carbonyl (C=O) groups excluding carboxylic acids is 1. The zero-order valence-electron chi connectivity index (χ0n) is 13.5. The highest BCUT2D eigenvalue weighted by Crippen LogP contribution is 2.38. The molecule has 1 aromatic rings. The van der Waals surface area contributed by atoms with Gasteiger partial charge in [-0.3, -0.25) is 4.79 Å². The fourth-order valence-corrected chi connectivity index (χ4v) is 3.62. The predicted molar refractivity (Wildman–Crippen MR) is 98.9 cm³/mol. The van der Waals surface area contributed by atoms with Crippen LogP contribution in [0.4, 0.5) is 0 Å². The second-order valence-electron chi connectivity index (χ2n) is 6.23. The molecule has 1 aliphatic carbocycles. The van der Waals surface area contributed by atoms with Crippen LogP contribution in [0.15, 0.2) is 40.0 Å². The van der Waals surface area contributed by atoms with Crippen molar-refractivity contribution in [2.75, 3.05) is 14.1 Å². The predicted octanol–water partition coefficient (Wildman–Crippen LogP) is 3.20. The smallest absolute Gasteiger partial charge is 0.253 e. The van der Waals surface area contributed by atoms with Gasteiger partial charge in [-0.1, -0.05) is 28.1 Å². The Balaban J connectivity index is 2.08. The van der Waals surface area contributed by atoms with Gasteiger partial charge >= 0.3 is 0 Å². The summed E-state index contributed by atoms with van der Waals surface area (Å²) in [6, 6.07) is 8.24. The first-order valence-electron chi connectivity index (χ1n) is 7.67. The van der Waals surface area contributed by atoms with Gasteiger partial charge < -0.3 is 15.1 Å². The molecular formula is C17H20BrN3OS. The Morgan fingerprint density at radius 3 is 2.43 bits per heavy atom. The molecule has 1 fully saturated rings. The van der Waals surface area contributed by atoms with E-state index in [9.17, 15) is 4.79 Å². The van der Waals surface area contributed by atoms with Crippen LogP contribution in [0.3, 0.4) is 0 Å². The van der Waals surface area contributed by atoms with Crippen LogP contribution in [0.25, 0.3) is 0 Å². The van der Waals surface area contributed by atoms with Crippen molar-refractivity contribution in [1.82, 2.24) is 15.1 Å². The van der Waals surface area contributed by atoms with Crippen molar-refractivity contribution in [2.45, 2.75) is 31.8 Å². The van der Waals surface area contributed by atoms with Crippen LogP contribution in [0.2, 0.25) is 0 Å². The Kier molecular flexibility index (Phi) is 4.47. The molecule has 6 heteroatoms. The zero-order chi connectivity index (χ0) is 16.7. The van der Waals surface area contributed by atoms with E-state index in [-0.39, 0.29) is 11.9 Å². The topological polar surface area (TPSA) is 35.6 Å². The van der Waals surface area contributed by atoms with Crippen molar-refractivity contribution in [3.63, 3.8) is 0 Å². The van der Waals surface area contributed by atoms with Crippen molar-refractivity contribution < 1.29 is 4.79 Å². The van der Waals surface area contributed by atoms with Crippen molar-refractivity contribution in [3.8, 4) is 0 Å². The number of benzene rings is 1. The van der Waals surface area contributed by atoms with Gasteiger partial charge in [-0.05, 0) is 49.7 Å². The summed E-state index contributed by atoms with van der Waals surface area (Å²) in [4.78, 5) is 16.5. The minimum Gasteiger partial charge on any atom is -0.351 e. The summed E-state index contributed by atoms with van der Waals surface area (Å²) in [6.45, 7) is 2.01. The van der Waals surface area contributed by atoms with Gasteiger partial charge in [-0.25, -0.2) is 0 Å². The van der Waals surface area contributed by atoms with E-state index >= 15 is 0 Å². The third-order valence-corrected chi connectivity index (χ3v) is 5.12. The standard InChI is InChI=1S/C17H20BrN3OS/c1-10-14(16(22)20(2)3)15(11-4-6-12(18)7-5-11)19-17(23)21(10)13-8-9-13/h4-7,13,15H,8-9H2,1-3H3,(H,19,23). The van der Waals surface area contributed by atoms with Crippen molar-refractivity contribution in [2.24, 2.45) is 0 Å². The Bertz CT molecular complexity index is 680. The number of rotatable bonds is 3. The minimum atomic E-state index is -0.208. The highest BCUT2D eigenvalue weighted by Gasteiger charge is 2.40. The maximum Gasteiger partial charge on any atom is 0.253 e. The molecule has 1 unspecified atom stereocenters. The summed E-state index contributed by atoms with van der Waals surface area (Å²) in [6.07, 6.45) is 2.26. The number of allylic oxidation sites excluding steroid dienone is 1.